The molecule has 2 amide bonds. The Kier molecular flexibility index (Phi) is 7.33. The Bertz CT molecular complexity index is 892. The van der Waals surface area contributed by atoms with Crippen LogP contribution in [0.1, 0.15) is 29.8 Å². The summed E-state index contributed by atoms with van der Waals surface area (Å²) in [5.74, 6) is 0.357. The first-order valence-electron chi connectivity index (χ1n) is 9.27. The Morgan fingerprint density at radius 1 is 1.28 bits per heavy atom. The third-order valence-electron chi connectivity index (χ3n) is 4.70. The predicted molar refractivity (Wildman–Crippen MR) is 119 cm³/mol. The third-order valence-corrected chi connectivity index (χ3v) is 6.48. The molecule has 1 saturated heterocycles. The van der Waals surface area contributed by atoms with Gasteiger partial charge < -0.3 is 9.64 Å². The van der Waals surface area contributed by atoms with E-state index in [1.54, 1.807) is 17.0 Å². The zero-order valence-electron chi connectivity index (χ0n) is 16.2. The van der Waals surface area contributed by atoms with E-state index in [9.17, 15) is 9.59 Å². The van der Waals surface area contributed by atoms with Crippen molar-refractivity contribution in [2.75, 3.05) is 17.7 Å². The van der Waals surface area contributed by atoms with Crippen molar-refractivity contribution in [3.63, 3.8) is 0 Å². The molecule has 1 N–H and O–H groups in total. The first-order chi connectivity index (χ1) is 13.9. The van der Waals surface area contributed by atoms with Crippen LogP contribution in [0.4, 0.5) is 10.5 Å². The van der Waals surface area contributed by atoms with Gasteiger partial charge in [-0.1, -0.05) is 53.9 Å². The maximum absolute atomic E-state index is 12.6. The Balaban J connectivity index is 1.67. The van der Waals surface area contributed by atoms with Gasteiger partial charge in [0.15, 0.2) is 0 Å². The fourth-order valence-electron chi connectivity index (χ4n) is 3.13. The molecular formula is C21H22Cl2N2O3S. The first-order valence-corrected chi connectivity index (χ1v) is 11.1. The molecule has 1 fully saturated rings. The molecule has 8 heteroatoms. The predicted octanol–water partition coefficient (Wildman–Crippen LogP) is 5.90. The Morgan fingerprint density at radius 2 is 2.00 bits per heavy atom. The smallest absolute Gasteiger partial charge is 0.411 e. The molecular weight excluding hydrogens is 431 g/mol. The largest absolute Gasteiger partial charge is 0.447 e. The molecule has 3 rings (SSSR count). The lowest BCUT2D eigenvalue weighted by atomic mass is 10.1. The number of aryl methyl sites for hydroxylation is 1. The Labute approximate surface area is 184 Å². The van der Waals surface area contributed by atoms with Crippen LogP contribution in [0, 0.1) is 6.92 Å². The van der Waals surface area contributed by atoms with Crippen LogP contribution in [0.3, 0.4) is 0 Å². The summed E-state index contributed by atoms with van der Waals surface area (Å²) in [5, 5.41) is 3.53. The molecule has 29 heavy (non-hydrogen) atoms. The van der Waals surface area contributed by atoms with E-state index in [2.05, 4.69) is 5.32 Å². The fraction of sp³-hybridized carbons (Fsp3) is 0.333. The number of hydrogen-bond acceptors (Lipinski definition) is 4. The van der Waals surface area contributed by atoms with Crippen LogP contribution in [0.15, 0.2) is 42.5 Å². The van der Waals surface area contributed by atoms with E-state index < -0.39 is 6.09 Å². The van der Waals surface area contributed by atoms with Crippen molar-refractivity contribution in [1.82, 2.24) is 4.90 Å². The minimum absolute atomic E-state index is 0.000379. The number of ether oxygens (including phenoxy) is 1. The summed E-state index contributed by atoms with van der Waals surface area (Å²) < 4.78 is 5.42. The van der Waals surface area contributed by atoms with Gasteiger partial charge in [-0.05, 0) is 37.6 Å². The molecule has 0 unspecified atom stereocenters. The summed E-state index contributed by atoms with van der Waals surface area (Å²) in [5.41, 5.74) is 2.59. The lowest BCUT2D eigenvalue weighted by molar-refractivity contribution is -0.131. The number of benzene rings is 2. The van der Waals surface area contributed by atoms with Crippen LogP contribution < -0.4 is 5.32 Å². The van der Waals surface area contributed by atoms with Gasteiger partial charge in [-0.2, -0.15) is 0 Å². The van der Waals surface area contributed by atoms with Crippen LogP contribution in [-0.2, 0) is 9.53 Å². The number of carbonyl (C=O) groups is 2. The van der Waals surface area contributed by atoms with Crippen molar-refractivity contribution in [2.45, 2.75) is 31.7 Å². The zero-order chi connectivity index (χ0) is 21.0. The minimum atomic E-state index is -0.548. The summed E-state index contributed by atoms with van der Waals surface area (Å²) in [6.07, 6.45) is 0.0962. The molecule has 0 radical (unpaired) electrons. The van der Waals surface area contributed by atoms with E-state index in [0.29, 0.717) is 27.9 Å². The number of amides is 2. The number of halogens is 2. The van der Waals surface area contributed by atoms with Crippen LogP contribution >= 0.6 is 35.0 Å². The molecule has 2 aromatic rings. The van der Waals surface area contributed by atoms with E-state index in [1.165, 1.54) is 11.8 Å². The molecule has 0 bridgehead atoms. The van der Waals surface area contributed by atoms with Crippen LogP contribution in [0.2, 0.25) is 10.0 Å². The molecule has 1 heterocycles. The highest BCUT2D eigenvalue weighted by Crippen LogP contribution is 2.43. The van der Waals surface area contributed by atoms with Gasteiger partial charge in [0.25, 0.3) is 0 Å². The average Bonchev–Trinajstić information content (AvgIpc) is 3.05. The van der Waals surface area contributed by atoms with E-state index in [-0.39, 0.29) is 23.9 Å². The molecule has 154 valence electrons. The Hall–Kier alpha value is -1.89. The highest BCUT2D eigenvalue weighted by atomic mass is 35.5. The van der Waals surface area contributed by atoms with Gasteiger partial charge in [0.05, 0.1) is 11.8 Å². The second-order valence-electron chi connectivity index (χ2n) is 6.78. The number of nitrogens with zero attached hydrogens (tertiary/aromatic N) is 1. The van der Waals surface area contributed by atoms with Gasteiger partial charge in [-0.3, -0.25) is 10.1 Å². The van der Waals surface area contributed by atoms with Crippen LogP contribution in [0.25, 0.3) is 0 Å². The standard InChI is InChI=1S/C21H22Cl2N2O3S/c1-3-16(11-28-21(27)24-15-7-4-13(2)5-8-15)25-19(26)12-29-20(25)17-9-6-14(22)10-18(17)23/h4-10,16,20H,3,11-12H2,1-2H3,(H,24,27)/t16-,20-/m0/s1. The van der Waals surface area contributed by atoms with Crippen molar-refractivity contribution in [2.24, 2.45) is 0 Å². The van der Waals surface area contributed by atoms with Crippen molar-refractivity contribution in [1.29, 1.82) is 0 Å². The number of carbonyl (C=O) groups excluding carboxylic acids is 2. The number of nitrogens with one attached hydrogen (secondary N) is 1. The van der Waals surface area contributed by atoms with Crippen molar-refractivity contribution in [3.8, 4) is 0 Å². The van der Waals surface area contributed by atoms with Gasteiger partial charge in [0, 0.05) is 21.3 Å². The zero-order valence-corrected chi connectivity index (χ0v) is 18.5. The summed E-state index contributed by atoms with van der Waals surface area (Å²) in [6.45, 7) is 4.04. The highest BCUT2D eigenvalue weighted by molar-refractivity contribution is 8.00. The molecule has 0 spiro atoms. The maximum atomic E-state index is 12.6. The SMILES string of the molecule is CC[C@@H](COC(=O)Nc1ccc(C)cc1)N1C(=O)CS[C@H]1c1ccc(Cl)cc1Cl. The third kappa shape index (κ3) is 5.38. The van der Waals surface area contributed by atoms with E-state index >= 15 is 0 Å². The highest BCUT2D eigenvalue weighted by Gasteiger charge is 2.38. The molecule has 1 aliphatic rings. The maximum Gasteiger partial charge on any atom is 0.411 e. The summed E-state index contributed by atoms with van der Waals surface area (Å²) in [4.78, 5) is 26.5. The quantitative estimate of drug-likeness (QED) is 0.592. The second kappa shape index (κ2) is 9.74. The normalized spacial score (nSPS) is 17.3. The number of anilines is 1. The first kappa shape index (κ1) is 21.8. The average molecular weight is 453 g/mol. The van der Waals surface area contributed by atoms with Gasteiger partial charge in [-0.25, -0.2) is 4.79 Å². The van der Waals surface area contributed by atoms with Crippen molar-refractivity contribution >= 4 is 52.7 Å². The molecule has 5 nitrogen and oxygen atoms in total. The van der Waals surface area contributed by atoms with Crippen LogP contribution in [-0.4, -0.2) is 35.3 Å². The molecule has 0 aliphatic carbocycles. The van der Waals surface area contributed by atoms with E-state index in [0.717, 1.165) is 11.1 Å². The fourth-order valence-corrected chi connectivity index (χ4v) is 4.99. The summed E-state index contributed by atoms with van der Waals surface area (Å²) >= 11 is 13.9. The van der Waals surface area contributed by atoms with Crippen molar-refractivity contribution in [3.05, 3.63) is 63.6 Å². The lowest BCUT2D eigenvalue weighted by Crippen LogP contribution is -2.41. The van der Waals surface area contributed by atoms with Gasteiger partial charge in [0.2, 0.25) is 5.91 Å². The summed E-state index contributed by atoms with van der Waals surface area (Å²) in [6, 6.07) is 12.5. The number of thioether (sulfide) groups is 1. The monoisotopic (exact) mass is 452 g/mol. The topological polar surface area (TPSA) is 58.6 Å². The van der Waals surface area contributed by atoms with Gasteiger partial charge in [0.1, 0.15) is 12.0 Å². The minimum Gasteiger partial charge on any atom is -0.447 e. The molecule has 0 saturated carbocycles. The second-order valence-corrected chi connectivity index (χ2v) is 8.69. The van der Waals surface area contributed by atoms with E-state index in [1.807, 2.05) is 44.2 Å². The van der Waals surface area contributed by atoms with Gasteiger partial charge >= 0.3 is 6.09 Å². The van der Waals surface area contributed by atoms with Crippen molar-refractivity contribution < 1.29 is 14.3 Å². The molecule has 2 atom stereocenters. The lowest BCUT2D eigenvalue weighted by Gasteiger charge is -2.32. The number of rotatable bonds is 6. The van der Waals surface area contributed by atoms with Gasteiger partial charge in [-0.15, -0.1) is 11.8 Å². The molecule has 1 aliphatic heterocycles. The summed E-state index contributed by atoms with van der Waals surface area (Å²) in [7, 11) is 0. The molecule has 0 aromatic heterocycles. The van der Waals surface area contributed by atoms with E-state index in [4.69, 9.17) is 27.9 Å². The molecule has 2 aromatic carbocycles. The van der Waals surface area contributed by atoms with Crippen LogP contribution in [0.5, 0.6) is 0 Å². The number of hydrogen-bond donors (Lipinski definition) is 1. The Morgan fingerprint density at radius 3 is 2.66 bits per heavy atom.